The van der Waals surface area contributed by atoms with Crippen LogP contribution in [-0.4, -0.2) is 49.8 Å². The van der Waals surface area contributed by atoms with Crippen LogP contribution in [0.15, 0.2) is 23.6 Å². The molecule has 2 N–H and O–H groups in total. The molecule has 4 rings (SSSR count). The standard InChI is InChI=1S/C17H19N3O4S3/c21-27(22)6-3-11(10-27)8-18-16(25)20-17-19-13(9-26-17)12-1-2-14-15(7-12)24-5-4-23-14/h1-2,7,9,11H,3-6,8,10H2,(H2,18,19,20,25)/t11-/m0/s1. The summed E-state index contributed by atoms with van der Waals surface area (Å²) in [7, 11) is -2.87. The monoisotopic (exact) mass is 425 g/mol. The first kappa shape index (κ1) is 18.5. The number of thiocarbonyl (C=S) groups is 1. The second-order valence-corrected chi connectivity index (χ2v) is 10.00. The summed E-state index contributed by atoms with van der Waals surface area (Å²) in [4.78, 5) is 4.56. The van der Waals surface area contributed by atoms with Crippen LogP contribution in [-0.2, 0) is 9.84 Å². The summed E-state index contributed by atoms with van der Waals surface area (Å²) in [6.07, 6.45) is 0.684. The Hall–Kier alpha value is -1.91. The summed E-state index contributed by atoms with van der Waals surface area (Å²) in [6.45, 7) is 1.66. The molecule has 1 aromatic heterocycles. The molecule has 10 heteroatoms. The molecule has 2 aliphatic rings. The van der Waals surface area contributed by atoms with Gasteiger partial charge in [0.1, 0.15) is 13.2 Å². The number of fused-ring (bicyclic) bond motifs is 1. The zero-order valence-corrected chi connectivity index (χ0v) is 16.9. The Morgan fingerprint density at radius 1 is 1.30 bits per heavy atom. The summed E-state index contributed by atoms with van der Waals surface area (Å²) >= 11 is 6.74. The van der Waals surface area contributed by atoms with E-state index >= 15 is 0 Å². The first-order valence-electron chi connectivity index (χ1n) is 8.59. The summed E-state index contributed by atoms with van der Waals surface area (Å²) in [5.41, 5.74) is 1.77. The first-order chi connectivity index (χ1) is 13.0. The van der Waals surface area contributed by atoms with E-state index in [0.29, 0.717) is 36.4 Å². The molecule has 1 aromatic carbocycles. The molecule has 1 fully saturated rings. The van der Waals surface area contributed by atoms with E-state index in [0.717, 1.165) is 22.8 Å². The van der Waals surface area contributed by atoms with Crippen LogP contribution in [0.1, 0.15) is 6.42 Å². The maximum Gasteiger partial charge on any atom is 0.189 e. The highest BCUT2D eigenvalue weighted by Gasteiger charge is 2.27. The van der Waals surface area contributed by atoms with E-state index in [2.05, 4.69) is 15.6 Å². The van der Waals surface area contributed by atoms with E-state index in [1.165, 1.54) is 11.3 Å². The number of nitrogens with zero attached hydrogens (tertiary/aromatic N) is 1. The van der Waals surface area contributed by atoms with Crippen LogP contribution in [0.25, 0.3) is 11.3 Å². The zero-order valence-electron chi connectivity index (χ0n) is 14.4. The van der Waals surface area contributed by atoms with E-state index in [9.17, 15) is 8.42 Å². The molecular weight excluding hydrogens is 406 g/mol. The van der Waals surface area contributed by atoms with Crippen molar-refractivity contribution in [1.29, 1.82) is 0 Å². The number of hydrogen-bond acceptors (Lipinski definition) is 7. The number of ether oxygens (including phenoxy) is 2. The number of benzene rings is 1. The third kappa shape index (κ3) is 4.50. The molecule has 0 aliphatic carbocycles. The molecule has 0 unspecified atom stereocenters. The lowest BCUT2D eigenvalue weighted by molar-refractivity contribution is 0.171. The molecule has 1 atom stereocenters. The van der Waals surface area contributed by atoms with Crippen LogP contribution in [0.2, 0.25) is 0 Å². The average molecular weight is 426 g/mol. The van der Waals surface area contributed by atoms with Gasteiger partial charge < -0.3 is 20.1 Å². The predicted octanol–water partition coefficient (Wildman–Crippen LogP) is 2.30. The van der Waals surface area contributed by atoms with Crippen molar-refractivity contribution in [2.24, 2.45) is 5.92 Å². The van der Waals surface area contributed by atoms with Crippen LogP contribution in [0.3, 0.4) is 0 Å². The third-order valence-electron chi connectivity index (χ3n) is 4.44. The largest absolute Gasteiger partial charge is 0.486 e. The lowest BCUT2D eigenvalue weighted by Crippen LogP contribution is -2.33. The van der Waals surface area contributed by atoms with Gasteiger partial charge >= 0.3 is 0 Å². The predicted molar refractivity (Wildman–Crippen MR) is 110 cm³/mol. The Morgan fingerprint density at radius 3 is 2.89 bits per heavy atom. The van der Waals surface area contributed by atoms with Gasteiger partial charge in [-0.05, 0) is 42.8 Å². The zero-order chi connectivity index (χ0) is 18.9. The molecule has 2 aliphatic heterocycles. The molecule has 1 saturated heterocycles. The van der Waals surface area contributed by atoms with Gasteiger partial charge in [-0.25, -0.2) is 13.4 Å². The number of anilines is 1. The van der Waals surface area contributed by atoms with Crippen molar-refractivity contribution >= 4 is 43.6 Å². The van der Waals surface area contributed by atoms with Gasteiger partial charge in [0, 0.05) is 17.5 Å². The summed E-state index contributed by atoms with van der Waals surface area (Å²) < 4.78 is 34.2. The lowest BCUT2D eigenvalue weighted by Gasteiger charge is -2.18. The Balaban J connectivity index is 1.34. The molecule has 0 radical (unpaired) electrons. The maximum absolute atomic E-state index is 11.5. The van der Waals surface area contributed by atoms with E-state index < -0.39 is 9.84 Å². The van der Waals surface area contributed by atoms with Crippen LogP contribution in [0, 0.1) is 5.92 Å². The minimum absolute atomic E-state index is 0.110. The van der Waals surface area contributed by atoms with Gasteiger partial charge in [-0.2, -0.15) is 0 Å². The van der Waals surface area contributed by atoms with Gasteiger partial charge in [-0.1, -0.05) is 0 Å². The molecule has 2 aromatic rings. The highest BCUT2D eigenvalue weighted by molar-refractivity contribution is 7.91. The van der Waals surface area contributed by atoms with Gasteiger partial charge in [-0.3, -0.25) is 0 Å². The van der Waals surface area contributed by atoms with Gasteiger partial charge in [0.05, 0.1) is 17.2 Å². The highest BCUT2D eigenvalue weighted by atomic mass is 32.2. The maximum atomic E-state index is 11.5. The van der Waals surface area contributed by atoms with Crippen molar-refractivity contribution in [2.75, 3.05) is 36.6 Å². The number of rotatable bonds is 4. The number of hydrogen-bond donors (Lipinski definition) is 2. The molecular formula is C17H19N3O4S3. The quantitative estimate of drug-likeness (QED) is 0.722. The minimum Gasteiger partial charge on any atom is -0.486 e. The van der Waals surface area contributed by atoms with Crippen molar-refractivity contribution in [3.05, 3.63) is 23.6 Å². The molecule has 7 nitrogen and oxygen atoms in total. The molecule has 3 heterocycles. The van der Waals surface area contributed by atoms with Crippen molar-refractivity contribution in [3.8, 4) is 22.8 Å². The Labute approximate surface area is 167 Å². The second-order valence-electron chi connectivity index (χ2n) is 6.50. The molecule has 144 valence electrons. The van der Waals surface area contributed by atoms with E-state index in [-0.39, 0.29) is 17.4 Å². The average Bonchev–Trinajstić information content (AvgIpc) is 3.25. The topological polar surface area (TPSA) is 89.6 Å². The fraction of sp³-hybridized carbons (Fsp3) is 0.412. The van der Waals surface area contributed by atoms with Crippen molar-refractivity contribution < 1.29 is 17.9 Å². The number of aromatic nitrogens is 1. The number of nitrogens with one attached hydrogen (secondary N) is 2. The third-order valence-corrected chi connectivity index (χ3v) is 7.28. The Morgan fingerprint density at radius 2 is 2.11 bits per heavy atom. The molecule has 0 saturated carbocycles. The van der Waals surface area contributed by atoms with Gasteiger partial charge in [0.2, 0.25) is 0 Å². The molecule has 27 heavy (non-hydrogen) atoms. The SMILES string of the molecule is O=S1(=O)CC[C@@H](CNC(=S)Nc2nc(-c3ccc4c(c3)OCCO4)cs2)C1. The van der Waals surface area contributed by atoms with Crippen LogP contribution in [0.4, 0.5) is 5.13 Å². The minimum atomic E-state index is -2.87. The van der Waals surface area contributed by atoms with Crippen LogP contribution in [0.5, 0.6) is 11.5 Å². The van der Waals surface area contributed by atoms with Gasteiger partial charge in [0.15, 0.2) is 31.6 Å². The fourth-order valence-corrected chi connectivity index (χ4v) is 5.91. The molecule has 0 amide bonds. The molecule has 0 spiro atoms. The number of thiazole rings is 1. The van der Waals surface area contributed by atoms with E-state index in [1.54, 1.807) is 0 Å². The van der Waals surface area contributed by atoms with E-state index in [4.69, 9.17) is 21.7 Å². The van der Waals surface area contributed by atoms with Gasteiger partial charge in [0.25, 0.3) is 0 Å². The van der Waals surface area contributed by atoms with Crippen LogP contribution < -0.4 is 20.1 Å². The lowest BCUT2D eigenvalue weighted by atomic mass is 10.1. The Bertz CT molecular complexity index is 958. The summed E-state index contributed by atoms with van der Waals surface area (Å²) in [5.74, 6) is 2.08. The Kier molecular flexibility index (Phi) is 5.20. The fourth-order valence-electron chi connectivity index (χ4n) is 3.08. The first-order valence-corrected chi connectivity index (χ1v) is 11.7. The van der Waals surface area contributed by atoms with Gasteiger partial charge in [-0.15, -0.1) is 11.3 Å². The van der Waals surface area contributed by atoms with Crippen molar-refractivity contribution in [3.63, 3.8) is 0 Å². The summed E-state index contributed by atoms with van der Waals surface area (Å²) in [6, 6.07) is 5.76. The van der Waals surface area contributed by atoms with Crippen molar-refractivity contribution in [1.82, 2.24) is 10.3 Å². The smallest absolute Gasteiger partial charge is 0.189 e. The normalized spacial score (nSPS) is 20.2. The molecule has 0 bridgehead atoms. The summed E-state index contributed by atoms with van der Waals surface area (Å²) in [5, 5.41) is 9.22. The number of sulfone groups is 1. The van der Waals surface area contributed by atoms with Crippen LogP contribution >= 0.6 is 23.6 Å². The van der Waals surface area contributed by atoms with E-state index in [1.807, 2.05) is 23.6 Å². The van der Waals surface area contributed by atoms with Crippen molar-refractivity contribution in [2.45, 2.75) is 6.42 Å². The second kappa shape index (κ2) is 7.61. The highest BCUT2D eigenvalue weighted by Crippen LogP contribution is 2.35.